The van der Waals surface area contributed by atoms with E-state index in [2.05, 4.69) is 30.9 Å². The number of rotatable bonds is 5. The van der Waals surface area contributed by atoms with Crippen molar-refractivity contribution in [3.05, 3.63) is 35.4 Å². The lowest BCUT2D eigenvalue weighted by atomic mass is 9.96. The van der Waals surface area contributed by atoms with Gasteiger partial charge < -0.3 is 4.74 Å². The van der Waals surface area contributed by atoms with Crippen LogP contribution in [0.3, 0.4) is 0 Å². The van der Waals surface area contributed by atoms with Crippen LogP contribution < -0.4 is 0 Å². The summed E-state index contributed by atoms with van der Waals surface area (Å²) in [6, 6.07) is 9.16. The van der Waals surface area contributed by atoms with Crippen LogP contribution in [0.1, 0.15) is 62.9 Å². The molecule has 1 aliphatic heterocycles. The van der Waals surface area contributed by atoms with Gasteiger partial charge >= 0.3 is 5.97 Å². The van der Waals surface area contributed by atoms with Crippen LogP contribution in [0.25, 0.3) is 0 Å². The molecule has 0 aliphatic carbocycles. The van der Waals surface area contributed by atoms with E-state index >= 15 is 0 Å². The average molecular weight is 303 g/mol. The standard InChI is InChI=1S/C19H29NO2/c1-14(2)13-22-19(21)18-10-8-17(9-11-18)12-20-15(3)6-5-7-16(20)4/h8-11,14-16H,5-7,12-13H2,1-4H3/t15-,16+. The molecule has 1 fully saturated rings. The summed E-state index contributed by atoms with van der Waals surface area (Å²) in [7, 11) is 0. The summed E-state index contributed by atoms with van der Waals surface area (Å²) in [5, 5.41) is 0. The third-order valence-corrected chi connectivity index (χ3v) is 4.48. The van der Waals surface area contributed by atoms with Crippen molar-refractivity contribution in [2.45, 2.75) is 65.6 Å². The summed E-state index contributed by atoms with van der Waals surface area (Å²) >= 11 is 0. The number of benzene rings is 1. The number of likely N-dealkylation sites (tertiary alicyclic amines) is 1. The summed E-state index contributed by atoms with van der Waals surface area (Å²) in [4.78, 5) is 14.5. The summed E-state index contributed by atoms with van der Waals surface area (Å²) in [5.74, 6) is 0.144. The van der Waals surface area contributed by atoms with Gasteiger partial charge in [0.05, 0.1) is 12.2 Å². The molecule has 1 saturated heterocycles. The first-order valence-corrected chi connectivity index (χ1v) is 8.49. The lowest BCUT2D eigenvalue weighted by Crippen LogP contribution is -2.42. The number of hydrogen-bond donors (Lipinski definition) is 0. The monoisotopic (exact) mass is 303 g/mol. The quantitative estimate of drug-likeness (QED) is 0.761. The Morgan fingerprint density at radius 1 is 1.18 bits per heavy atom. The maximum Gasteiger partial charge on any atom is 0.338 e. The molecule has 3 nitrogen and oxygen atoms in total. The molecule has 0 radical (unpaired) electrons. The van der Waals surface area contributed by atoms with E-state index in [1.54, 1.807) is 0 Å². The van der Waals surface area contributed by atoms with Gasteiger partial charge in [-0.05, 0) is 50.3 Å². The Labute approximate surface area is 134 Å². The molecule has 0 aromatic heterocycles. The molecule has 22 heavy (non-hydrogen) atoms. The topological polar surface area (TPSA) is 29.5 Å². The van der Waals surface area contributed by atoms with E-state index in [0.717, 1.165) is 6.54 Å². The SMILES string of the molecule is CC(C)COC(=O)c1ccc(CN2[C@H](C)CCC[C@@H]2C)cc1. The summed E-state index contributed by atoms with van der Waals surface area (Å²) < 4.78 is 5.26. The van der Waals surface area contributed by atoms with E-state index in [4.69, 9.17) is 4.74 Å². The van der Waals surface area contributed by atoms with E-state index in [1.807, 2.05) is 26.0 Å². The normalized spacial score (nSPS) is 22.8. The third kappa shape index (κ3) is 4.57. The Bertz CT molecular complexity index is 471. The van der Waals surface area contributed by atoms with Crippen LogP contribution in [-0.2, 0) is 11.3 Å². The number of piperidine rings is 1. The summed E-state index contributed by atoms with van der Waals surface area (Å²) in [6.07, 6.45) is 3.90. The second-order valence-electron chi connectivity index (χ2n) is 6.99. The highest BCUT2D eigenvalue weighted by molar-refractivity contribution is 5.89. The van der Waals surface area contributed by atoms with E-state index in [0.29, 0.717) is 30.2 Å². The van der Waals surface area contributed by atoms with Crippen molar-refractivity contribution in [2.24, 2.45) is 5.92 Å². The zero-order chi connectivity index (χ0) is 16.1. The van der Waals surface area contributed by atoms with E-state index in [1.165, 1.54) is 24.8 Å². The third-order valence-electron chi connectivity index (χ3n) is 4.48. The van der Waals surface area contributed by atoms with Gasteiger partial charge in [0.25, 0.3) is 0 Å². The van der Waals surface area contributed by atoms with Crippen LogP contribution in [0.2, 0.25) is 0 Å². The highest BCUT2D eigenvalue weighted by Crippen LogP contribution is 2.24. The average Bonchev–Trinajstić information content (AvgIpc) is 2.49. The minimum Gasteiger partial charge on any atom is -0.462 e. The van der Waals surface area contributed by atoms with Crippen molar-refractivity contribution < 1.29 is 9.53 Å². The molecular weight excluding hydrogens is 274 g/mol. The van der Waals surface area contributed by atoms with Gasteiger partial charge in [0.1, 0.15) is 0 Å². The lowest BCUT2D eigenvalue weighted by Gasteiger charge is -2.39. The first kappa shape index (κ1) is 17.0. The molecule has 1 aromatic carbocycles. The van der Waals surface area contributed by atoms with Gasteiger partial charge in [-0.3, -0.25) is 4.90 Å². The number of esters is 1. The van der Waals surface area contributed by atoms with Gasteiger partial charge in [-0.15, -0.1) is 0 Å². The molecule has 1 aliphatic rings. The Kier molecular flexibility index (Phi) is 6.01. The van der Waals surface area contributed by atoms with Crippen LogP contribution in [0.4, 0.5) is 0 Å². The molecule has 0 N–H and O–H groups in total. The first-order chi connectivity index (χ1) is 10.5. The maximum absolute atomic E-state index is 11.9. The van der Waals surface area contributed by atoms with Crippen molar-refractivity contribution in [1.82, 2.24) is 4.90 Å². The smallest absolute Gasteiger partial charge is 0.338 e. The fourth-order valence-electron chi connectivity index (χ4n) is 3.07. The second-order valence-corrected chi connectivity index (χ2v) is 6.99. The molecule has 2 rings (SSSR count). The number of carbonyl (C=O) groups is 1. The van der Waals surface area contributed by atoms with Crippen molar-refractivity contribution in [1.29, 1.82) is 0 Å². The second kappa shape index (κ2) is 7.77. The Morgan fingerprint density at radius 3 is 2.32 bits per heavy atom. The molecule has 0 spiro atoms. The Hall–Kier alpha value is -1.35. The molecule has 0 saturated carbocycles. The molecule has 1 aromatic rings. The molecule has 2 atom stereocenters. The summed E-state index contributed by atoms with van der Waals surface area (Å²) in [5.41, 5.74) is 1.91. The van der Waals surface area contributed by atoms with E-state index in [9.17, 15) is 4.79 Å². The number of nitrogens with zero attached hydrogens (tertiary/aromatic N) is 1. The minimum atomic E-state index is -0.222. The van der Waals surface area contributed by atoms with Gasteiger partial charge in [-0.25, -0.2) is 4.79 Å². The maximum atomic E-state index is 11.9. The predicted octanol–water partition coefficient (Wildman–Crippen LogP) is 4.26. The molecule has 0 bridgehead atoms. The van der Waals surface area contributed by atoms with Crippen molar-refractivity contribution in [2.75, 3.05) is 6.61 Å². The largest absolute Gasteiger partial charge is 0.462 e. The zero-order valence-electron chi connectivity index (χ0n) is 14.3. The lowest BCUT2D eigenvalue weighted by molar-refractivity contribution is 0.0459. The van der Waals surface area contributed by atoms with Gasteiger partial charge in [-0.2, -0.15) is 0 Å². The number of carbonyl (C=O) groups excluding carboxylic acids is 1. The van der Waals surface area contributed by atoms with Crippen molar-refractivity contribution in [3.63, 3.8) is 0 Å². The van der Waals surface area contributed by atoms with Crippen LogP contribution in [-0.4, -0.2) is 29.6 Å². The van der Waals surface area contributed by atoms with Crippen LogP contribution >= 0.6 is 0 Å². The predicted molar refractivity (Wildman–Crippen MR) is 89.9 cm³/mol. The fraction of sp³-hybridized carbons (Fsp3) is 0.632. The number of hydrogen-bond acceptors (Lipinski definition) is 3. The highest BCUT2D eigenvalue weighted by Gasteiger charge is 2.24. The molecule has 0 amide bonds. The van der Waals surface area contributed by atoms with Gasteiger partial charge in [0.15, 0.2) is 0 Å². The van der Waals surface area contributed by atoms with Crippen LogP contribution in [0.15, 0.2) is 24.3 Å². The zero-order valence-corrected chi connectivity index (χ0v) is 14.3. The molecular formula is C19H29NO2. The fourth-order valence-corrected chi connectivity index (χ4v) is 3.07. The van der Waals surface area contributed by atoms with E-state index in [-0.39, 0.29) is 5.97 Å². The van der Waals surface area contributed by atoms with Crippen LogP contribution in [0, 0.1) is 5.92 Å². The Balaban J connectivity index is 1.95. The minimum absolute atomic E-state index is 0.222. The van der Waals surface area contributed by atoms with Gasteiger partial charge in [-0.1, -0.05) is 32.4 Å². The van der Waals surface area contributed by atoms with Gasteiger partial charge in [0, 0.05) is 18.6 Å². The first-order valence-electron chi connectivity index (χ1n) is 8.49. The van der Waals surface area contributed by atoms with E-state index < -0.39 is 0 Å². The molecule has 0 unspecified atom stereocenters. The highest BCUT2D eigenvalue weighted by atomic mass is 16.5. The number of ether oxygens (including phenoxy) is 1. The van der Waals surface area contributed by atoms with Crippen molar-refractivity contribution >= 4 is 5.97 Å². The molecule has 3 heteroatoms. The Morgan fingerprint density at radius 2 is 1.77 bits per heavy atom. The molecule has 1 heterocycles. The van der Waals surface area contributed by atoms with Crippen LogP contribution in [0.5, 0.6) is 0 Å². The van der Waals surface area contributed by atoms with Gasteiger partial charge in [0.2, 0.25) is 0 Å². The van der Waals surface area contributed by atoms with Crippen molar-refractivity contribution in [3.8, 4) is 0 Å². The molecule has 122 valence electrons. The summed E-state index contributed by atoms with van der Waals surface area (Å²) in [6.45, 7) is 10.1.